The summed E-state index contributed by atoms with van der Waals surface area (Å²) < 4.78 is 6.45. The molecule has 0 spiro atoms. The van der Waals surface area contributed by atoms with E-state index in [1.807, 2.05) is 49.4 Å². The summed E-state index contributed by atoms with van der Waals surface area (Å²) in [7, 11) is 0. The van der Waals surface area contributed by atoms with Crippen molar-refractivity contribution in [3.63, 3.8) is 0 Å². The van der Waals surface area contributed by atoms with E-state index >= 15 is 0 Å². The predicted molar refractivity (Wildman–Crippen MR) is 118 cm³/mol. The number of hydrogen-bond acceptors (Lipinski definition) is 8. The summed E-state index contributed by atoms with van der Waals surface area (Å²) in [5.41, 5.74) is 2.75. The fraction of sp³-hybridized carbons (Fsp3) is 0.150. The van der Waals surface area contributed by atoms with Crippen molar-refractivity contribution in [2.45, 2.75) is 23.4 Å². The third-order valence-electron chi connectivity index (χ3n) is 4.12. The quantitative estimate of drug-likeness (QED) is 0.307. The van der Waals surface area contributed by atoms with Crippen LogP contribution in [0.4, 0.5) is 5.13 Å². The highest BCUT2D eigenvalue weighted by Gasteiger charge is 2.14. The molecule has 0 aliphatic carbocycles. The molecule has 0 saturated carbocycles. The lowest BCUT2D eigenvalue weighted by Crippen LogP contribution is -2.14. The van der Waals surface area contributed by atoms with E-state index in [2.05, 4.69) is 25.7 Å². The second kappa shape index (κ2) is 9.38. The van der Waals surface area contributed by atoms with Gasteiger partial charge in [-0.15, -0.1) is 20.4 Å². The Balaban J connectivity index is 1.32. The van der Waals surface area contributed by atoms with Crippen LogP contribution in [0.3, 0.4) is 0 Å². The molecule has 0 radical (unpaired) electrons. The first-order chi connectivity index (χ1) is 14.6. The number of thioether (sulfide) groups is 1. The number of carbonyl (C=O) groups excluding carboxylic acids is 1. The zero-order chi connectivity index (χ0) is 20.9. The van der Waals surface area contributed by atoms with Crippen molar-refractivity contribution in [2.75, 3.05) is 5.32 Å². The molecule has 0 atom stereocenters. The van der Waals surface area contributed by atoms with Crippen molar-refractivity contribution in [1.29, 1.82) is 0 Å². The van der Waals surface area contributed by atoms with Crippen LogP contribution in [0.1, 0.15) is 17.0 Å². The van der Waals surface area contributed by atoms with Crippen LogP contribution < -0.4 is 5.32 Å². The fourth-order valence-electron chi connectivity index (χ4n) is 2.65. The monoisotopic (exact) mass is 457 g/mol. The lowest BCUT2D eigenvalue weighted by molar-refractivity contribution is -0.115. The number of benzene rings is 2. The van der Waals surface area contributed by atoms with Gasteiger partial charge in [-0.05, 0) is 30.2 Å². The maximum atomic E-state index is 12.2. The molecule has 10 heteroatoms. The normalized spacial score (nSPS) is 10.9. The van der Waals surface area contributed by atoms with Gasteiger partial charge >= 0.3 is 0 Å². The minimum Gasteiger partial charge on any atom is -0.420 e. The SMILES string of the molecule is Cc1ccccc1-c1nnc(CSc2nnc(NC(=O)Cc3ccccc3Cl)s2)o1. The van der Waals surface area contributed by atoms with Crippen LogP contribution in [0.2, 0.25) is 5.02 Å². The van der Waals surface area contributed by atoms with Gasteiger partial charge in [-0.2, -0.15) is 0 Å². The van der Waals surface area contributed by atoms with Crippen LogP contribution in [0.15, 0.2) is 57.3 Å². The number of carbonyl (C=O) groups is 1. The maximum absolute atomic E-state index is 12.2. The van der Waals surface area contributed by atoms with E-state index in [-0.39, 0.29) is 12.3 Å². The number of aromatic nitrogens is 4. The molecular weight excluding hydrogens is 442 g/mol. The van der Waals surface area contributed by atoms with E-state index in [9.17, 15) is 4.79 Å². The Labute approximate surface area is 185 Å². The second-order valence-corrected chi connectivity index (χ2v) is 8.90. The highest BCUT2D eigenvalue weighted by atomic mass is 35.5. The van der Waals surface area contributed by atoms with Gasteiger partial charge < -0.3 is 9.73 Å². The highest BCUT2D eigenvalue weighted by molar-refractivity contribution is 8.00. The van der Waals surface area contributed by atoms with Gasteiger partial charge in [0.2, 0.25) is 22.8 Å². The maximum Gasteiger partial charge on any atom is 0.248 e. The molecule has 7 nitrogen and oxygen atoms in total. The van der Waals surface area contributed by atoms with Gasteiger partial charge in [0.1, 0.15) is 0 Å². The zero-order valence-electron chi connectivity index (χ0n) is 15.8. The van der Waals surface area contributed by atoms with Gasteiger partial charge in [0, 0.05) is 10.6 Å². The summed E-state index contributed by atoms with van der Waals surface area (Å²) in [6.07, 6.45) is 0.172. The molecule has 2 aromatic carbocycles. The molecule has 1 amide bonds. The topological polar surface area (TPSA) is 93.8 Å². The number of nitrogens with one attached hydrogen (secondary N) is 1. The average molecular weight is 458 g/mol. The third-order valence-corrected chi connectivity index (χ3v) is 6.45. The summed E-state index contributed by atoms with van der Waals surface area (Å²) in [5, 5.41) is 20.1. The van der Waals surface area contributed by atoms with E-state index in [1.165, 1.54) is 23.1 Å². The number of nitrogens with zero attached hydrogens (tertiary/aromatic N) is 4. The molecule has 0 fully saturated rings. The van der Waals surface area contributed by atoms with Gasteiger partial charge in [0.15, 0.2) is 4.34 Å². The lowest BCUT2D eigenvalue weighted by Gasteiger charge is -2.03. The number of aryl methyl sites for hydroxylation is 1. The molecule has 4 aromatic rings. The summed E-state index contributed by atoms with van der Waals surface area (Å²) >= 11 is 8.80. The van der Waals surface area contributed by atoms with Gasteiger partial charge in [-0.1, -0.05) is 71.1 Å². The molecule has 0 bridgehead atoms. The molecule has 4 rings (SSSR count). The average Bonchev–Trinajstić information content (AvgIpc) is 3.38. The lowest BCUT2D eigenvalue weighted by atomic mass is 10.1. The number of anilines is 1. The smallest absolute Gasteiger partial charge is 0.248 e. The van der Waals surface area contributed by atoms with E-state index in [0.29, 0.717) is 32.0 Å². The van der Waals surface area contributed by atoms with Crippen molar-refractivity contribution >= 4 is 45.7 Å². The van der Waals surface area contributed by atoms with Gasteiger partial charge in [-0.3, -0.25) is 4.79 Å². The summed E-state index contributed by atoms with van der Waals surface area (Å²) in [4.78, 5) is 12.2. The third kappa shape index (κ3) is 5.05. The molecule has 30 heavy (non-hydrogen) atoms. The molecule has 0 aliphatic heterocycles. The van der Waals surface area contributed by atoms with Crippen molar-refractivity contribution < 1.29 is 9.21 Å². The number of hydrogen-bond donors (Lipinski definition) is 1. The van der Waals surface area contributed by atoms with Crippen molar-refractivity contribution in [3.8, 4) is 11.5 Å². The van der Waals surface area contributed by atoms with E-state index in [4.69, 9.17) is 16.0 Å². The Morgan fingerprint density at radius 1 is 1.10 bits per heavy atom. The fourth-order valence-corrected chi connectivity index (χ4v) is 4.46. The van der Waals surface area contributed by atoms with Gasteiger partial charge in [0.05, 0.1) is 12.2 Å². The first-order valence-electron chi connectivity index (χ1n) is 8.96. The number of rotatable bonds is 7. The van der Waals surface area contributed by atoms with Gasteiger partial charge in [-0.25, -0.2) is 0 Å². The number of amides is 1. The zero-order valence-corrected chi connectivity index (χ0v) is 18.2. The first kappa shape index (κ1) is 20.5. The van der Waals surface area contributed by atoms with Gasteiger partial charge in [0.25, 0.3) is 0 Å². The van der Waals surface area contributed by atoms with Crippen LogP contribution in [0, 0.1) is 6.92 Å². The molecule has 0 saturated heterocycles. The van der Waals surface area contributed by atoms with Crippen LogP contribution >= 0.6 is 34.7 Å². The van der Waals surface area contributed by atoms with Crippen LogP contribution in [-0.4, -0.2) is 26.3 Å². The molecule has 2 aromatic heterocycles. The van der Waals surface area contributed by atoms with Crippen LogP contribution in [0.5, 0.6) is 0 Å². The molecular formula is C20H16ClN5O2S2. The van der Waals surface area contributed by atoms with Crippen molar-refractivity contribution in [1.82, 2.24) is 20.4 Å². The molecule has 0 aliphatic rings. The largest absolute Gasteiger partial charge is 0.420 e. The van der Waals surface area contributed by atoms with E-state index in [0.717, 1.165) is 16.7 Å². The first-order valence-corrected chi connectivity index (χ1v) is 11.1. The van der Waals surface area contributed by atoms with E-state index < -0.39 is 0 Å². The molecule has 2 heterocycles. The van der Waals surface area contributed by atoms with Crippen LogP contribution in [0.25, 0.3) is 11.5 Å². The van der Waals surface area contributed by atoms with Crippen molar-refractivity contribution in [2.24, 2.45) is 0 Å². The second-order valence-electron chi connectivity index (χ2n) is 6.29. The highest BCUT2D eigenvalue weighted by Crippen LogP contribution is 2.29. The Morgan fingerprint density at radius 3 is 2.73 bits per heavy atom. The Bertz CT molecular complexity index is 1180. The Hall–Kier alpha value is -2.75. The minimum atomic E-state index is -0.199. The van der Waals surface area contributed by atoms with Crippen LogP contribution in [-0.2, 0) is 17.0 Å². The summed E-state index contributed by atoms with van der Waals surface area (Å²) in [5.74, 6) is 1.25. The summed E-state index contributed by atoms with van der Waals surface area (Å²) in [6, 6.07) is 15.1. The predicted octanol–water partition coefficient (Wildman–Crippen LogP) is 5.02. The summed E-state index contributed by atoms with van der Waals surface area (Å²) in [6.45, 7) is 2.00. The Kier molecular flexibility index (Phi) is 6.41. The van der Waals surface area contributed by atoms with Crippen molar-refractivity contribution in [3.05, 3.63) is 70.6 Å². The Morgan fingerprint density at radius 2 is 1.90 bits per heavy atom. The number of halogens is 1. The van der Waals surface area contributed by atoms with E-state index in [1.54, 1.807) is 6.07 Å². The minimum absolute atomic E-state index is 0.172. The standard InChI is InChI=1S/C20H16ClN5O2S2/c1-12-6-2-4-8-14(12)18-24-23-17(28-18)11-29-20-26-25-19(30-20)22-16(27)10-13-7-3-5-9-15(13)21/h2-9H,10-11H2,1H3,(H,22,25,27). The molecule has 1 N–H and O–H groups in total. The molecule has 152 valence electrons. The molecule has 0 unspecified atom stereocenters.